The summed E-state index contributed by atoms with van der Waals surface area (Å²) in [6.07, 6.45) is 3.73. The molecular formula is C21H24N4O2. The second-order valence-electron chi connectivity index (χ2n) is 7.04. The summed E-state index contributed by atoms with van der Waals surface area (Å²) in [6, 6.07) is 8.15. The maximum absolute atomic E-state index is 6.04. The van der Waals surface area contributed by atoms with Crippen molar-refractivity contribution in [2.75, 3.05) is 19.7 Å². The molecule has 0 aliphatic carbocycles. The third-order valence-electron chi connectivity index (χ3n) is 5.07. The fraction of sp³-hybridized carbons (Fsp3) is 0.381. The van der Waals surface area contributed by atoms with Gasteiger partial charge in [0, 0.05) is 32.0 Å². The van der Waals surface area contributed by atoms with Crippen molar-refractivity contribution < 1.29 is 9.26 Å². The van der Waals surface area contributed by atoms with Crippen molar-refractivity contribution in [3.05, 3.63) is 64.9 Å². The first-order chi connectivity index (χ1) is 13.1. The number of ether oxygens (including phenoxy) is 1. The molecule has 0 N–H and O–H groups in total. The van der Waals surface area contributed by atoms with Gasteiger partial charge in [0.2, 0.25) is 0 Å². The van der Waals surface area contributed by atoms with Crippen molar-refractivity contribution in [2.24, 2.45) is 0 Å². The van der Waals surface area contributed by atoms with Gasteiger partial charge in [-0.3, -0.25) is 9.88 Å². The zero-order valence-electron chi connectivity index (χ0n) is 16.0. The summed E-state index contributed by atoms with van der Waals surface area (Å²) >= 11 is 0. The van der Waals surface area contributed by atoms with Crippen LogP contribution in [0, 0.1) is 20.8 Å². The van der Waals surface area contributed by atoms with E-state index in [-0.39, 0.29) is 6.10 Å². The van der Waals surface area contributed by atoms with Crippen LogP contribution in [-0.2, 0) is 11.3 Å². The molecule has 6 nitrogen and oxygen atoms in total. The van der Waals surface area contributed by atoms with Gasteiger partial charge < -0.3 is 9.26 Å². The van der Waals surface area contributed by atoms with E-state index in [1.165, 1.54) is 11.1 Å². The summed E-state index contributed by atoms with van der Waals surface area (Å²) < 4.78 is 11.3. The van der Waals surface area contributed by atoms with E-state index in [2.05, 4.69) is 28.0 Å². The average molecular weight is 364 g/mol. The monoisotopic (exact) mass is 364 g/mol. The van der Waals surface area contributed by atoms with Crippen LogP contribution in [0.4, 0.5) is 0 Å². The molecule has 1 aliphatic heterocycles. The van der Waals surface area contributed by atoms with Gasteiger partial charge in [0.25, 0.3) is 0 Å². The number of aromatic nitrogens is 3. The number of hydrogen-bond acceptors (Lipinski definition) is 6. The van der Waals surface area contributed by atoms with Crippen LogP contribution in [0.15, 0.2) is 41.2 Å². The van der Waals surface area contributed by atoms with Crippen LogP contribution in [0.25, 0.3) is 11.3 Å². The summed E-state index contributed by atoms with van der Waals surface area (Å²) in [6.45, 7) is 9.30. The van der Waals surface area contributed by atoms with E-state index in [0.29, 0.717) is 6.61 Å². The molecule has 3 aromatic heterocycles. The normalized spacial score (nSPS) is 18.0. The Labute approximate surface area is 159 Å². The maximum Gasteiger partial charge on any atom is 0.143 e. The number of aryl methyl sites for hydroxylation is 3. The minimum absolute atomic E-state index is 0.0404. The Morgan fingerprint density at radius 1 is 1.19 bits per heavy atom. The van der Waals surface area contributed by atoms with E-state index in [4.69, 9.17) is 14.2 Å². The Kier molecular flexibility index (Phi) is 5.01. The third-order valence-corrected chi connectivity index (χ3v) is 5.07. The minimum atomic E-state index is -0.0404. The molecule has 27 heavy (non-hydrogen) atoms. The van der Waals surface area contributed by atoms with Crippen LogP contribution in [0.3, 0.4) is 0 Å². The molecule has 6 heteroatoms. The van der Waals surface area contributed by atoms with Crippen LogP contribution in [0.5, 0.6) is 0 Å². The Bertz CT molecular complexity index is 918. The molecule has 0 radical (unpaired) electrons. The maximum atomic E-state index is 6.04. The van der Waals surface area contributed by atoms with Gasteiger partial charge in [-0.1, -0.05) is 11.2 Å². The molecule has 0 spiro atoms. The van der Waals surface area contributed by atoms with Crippen molar-refractivity contribution in [2.45, 2.75) is 33.4 Å². The Hall–Kier alpha value is -2.57. The van der Waals surface area contributed by atoms with Crippen molar-refractivity contribution in [3.8, 4) is 11.3 Å². The first kappa shape index (κ1) is 17.8. The van der Waals surface area contributed by atoms with E-state index in [1.807, 2.05) is 44.4 Å². The molecular weight excluding hydrogens is 340 g/mol. The predicted octanol–water partition coefficient (Wildman–Crippen LogP) is 3.63. The third kappa shape index (κ3) is 3.77. The average Bonchev–Trinajstić information content (AvgIpc) is 3.02. The fourth-order valence-electron chi connectivity index (χ4n) is 3.56. The molecule has 1 unspecified atom stereocenters. The number of nitrogens with zero attached hydrogens (tertiary/aromatic N) is 4. The summed E-state index contributed by atoms with van der Waals surface area (Å²) in [5.41, 5.74) is 6.19. The highest BCUT2D eigenvalue weighted by Gasteiger charge is 2.24. The summed E-state index contributed by atoms with van der Waals surface area (Å²) in [7, 11) is 0. The molecule has 4 rings (SSSR count). The lowest BCUT2D eigenvalue weighted by Gasteiger charge is -2.33. The summed E-state index contributed by atoms with van der Waals surface area (Å²) in [4.78, 5) is 11.5. The van der Waals surface area contributed by atoms with E-state index < -0.39 is 0 Å². The van der Waals surface area contributed by atoms with Crippen LogP contribution < -0.4 is 0 Å². The highest BCUT2D eigenvalue weighted by Crippen LogP contribution is 2.28. The van der Waals surface area contributed by atoms with Crippen molar-refractivity contribution in [1.82, 2.24) is 20.0 Å². The molecule has 1 saturated heterocycles. The van der Waals surface area contributed by atoms with Gasteiger partial charge in [-0.2, -0.15) is 0 Å². The number of rotatable bonds is 4. The van der Waals surface area contributed by atoms with Crippen molar-refractivity contribution >= 4 is 0 Å². The Morgan fingerprint density at radius 2 is 2.07 bits per heavy atom. The van der Waals surface area contributed by atoms with Gasteiger partial charge in [0.1, 0.15) is 11.9 Å². The second-order valence-corrected chi connectivity index (χ2v) is 7.04. The van der Waals surface area contributed by atoms with Crippen LogP contribution in [0.1, 0.15) is 34.4 Å². The van der Waals surface area contributed by atoms with Crippen LogP contribution in [-0.4, -0.2) is 39.7 Å². The van der Waals surface area contributed by atoms with E-state index in [9.17, 15) is 0 Å². The van der Waals surface area contributed by atoms with Crippen molar-refractivity contribution in [3.63, 3.8) is 0 Å². The zero-order valence-corrected chi connectivity index (χ0v) is 16.0. The molecule has 1 fully saturated rings. The molecule has 3 aromatic rings. The smallest absolute Gasteiger partial charge is 0.143 e. The van der Waals surface area contributed by atoms with Crippen molar-refractivity contribution in [1.29, 1.82) is 0 Å². The largest absolute Gasteiger partial charge is 0.369 e. The molecule has 1 aliphatic rings. The van der Waals surface area contributed by atoms with Gasteiger partial charge in [-0.05, 0) is 50.1 Å². The minimum Gasteiger partial charge on any atom is -0.369 e. The molecule has 0 saturated carbocycles. The second kappa shape index (κ2) is 7.58. The van der Waals surface area contributed by atoms with Gasteiger partial charge in [0.05, 0.1) is 29.3 Å². The lowest BCUT2D eigenvalue weighted by atomic mass is 10.1. The van der Waals surface area contributed by atoms with Gasteiger partial charge in [-0.25, -0.2) is 4.98 Å². The van der Waals surface area contributed by atoms with Gasteiger partial charge >= 0.3 is 0 Å². The number of morpholine rings is 1. The Balaban J connectivity index is 1.53. The molecule has 1 atom stereocenters. The van der Waals surface area contributed by atoms with Gasteiger partial charge in [-0.15, -0.1) is 0 Å². The Morgan fingerprint density at radius 3 is 2.85 bits per heavy atom. The van der Waals surface area contributed by atoms with E-state index in [0.717, 1.165) is 48.0 Å². The molecule has 0 aromatic carbocycles. The van der Waals surface area contributed by atoms with Crippen LogP contribution >= 0.6 is 0 Å². The first-order valence-corrected chi connectivity index (χ1v) is 9.25. The summed E-state index contributed by atoms with van der Waals surface area (Å²) in [5, 5.41) is 4.04. The van der Waals surface area contributed by atoms with E-state index >= 15 is 0 Å². The molecule has 140 valence electrons. The highest BCUT2D eigenvalue weighted by molar-refractivity contribution is 5.63. The molecule has 0 amide bonds. The lowest BCUT2D eigenvalue weighted by Crippen LogP contribution is -2.38. The quantitative estimate of drug-likeness (QED) is 0.704. The molecule has 0 bridgehead atoms. The highest BCUT2D eigenvalue weighted by atomic mass is 16.5. The molecule has 4 heterocycles. The van der Waals surface area contributed by atoms with Gasteiger partial charge in [0.15, 0.2) is 0 Å². The van der Waals surface area contributed by atoms with Crippen LogP contribution in [0.2, 0.25) is 0 Å². The topological polar surface area (TPSA) is 64.3 Å². The predicted molar refractivity (Wildman–Crippen MR) is 102 cm³/mol. The lowest BCUT2D eigenvalue weighted by molar-refractivity contribution is -0.0350. The summed E-state index contributed by atoms with van der Waals surface area (Å²) in [5.74, 6) is 0.788. The number of hydrogen-bond donors (Lipinski definition) is 0. The first-order valence-electron chi connectivity index (χ1n) is 9.25. The zero-order chi connectivity index (χ0) is 18.8. The standard InChI is InChI=1S/C21H24N4O2/c1-14-11-22-8-7-17(14)12-25-9-10-26-20(13-25)18-5-4-6-19(23-18)21-15(2)24-27-16(21)3/h4-8,11,20H,9-10,12-13H2,1-3H3. The fourth-order valence-corrected chi connectivity index (χ4v) is 3.56. The number of pyridine rings is 2. The SMILES string of the molecule is Cc1cnccc1CN1CCOC(c2cccc(-c3c(C)noc3C)n2)C1. The van der Waals surface area contributed by atoms with E-state index in [1.54, 1.807) is 0 Å².